The first kappa shape index (κ1) is 25.8. The molecule has 1 aromatic carbocycles. The van der Waals surface area contributed by atoms with E-state index in [1.54, 1.807) is 0 Å². The Morgan fingerprint density at radius 3 is 2.43 bits per heavy atom. The number of aliphatic hydroxyl groups excluding tert-OH is 2. The number of halogens is 1. The zero-order chi connectivity index (χ0) is 27.0. The minimum absolute atomic E-state index is 0.0145. The Hall–Kier alpha value is -2.88. The van der Waals surface area contributed by atoms with Crippen LogP contribution >= 0.6 is 11.6 Å². The lowest BCUT2D eigenvalue weighted by Crippen LogP contribution is -2.58. The number of benzene rings is 1. The van der Waals surface area contributed by atoms with Crippen molar-refractivity contribution in [2.75, 3.05) is 0 Å². The van der Waals surface area contributed by atoms with Gasteiger partial charge in [-0.25, -0.2) is 0 Å². The average Bonchev–Trinajstić information content (AvgIpc) is 2.81. The highest BCUT2D eigenvalue weighted by Gasteiger charge is 2.60. The summed E-state index contributed by atoms with van der Waals surface area (Å²) in [5.41, 5.74) is 2.89. The molecular formula is C27H31ClN2O7. The highest BCUT2D eigenvalue weighted by atomic mass is 35.5. The van der Waals surface area contributed by atoms with Gasteiger partial charge >= 0.3 is 0 Å². The molecule has 9 nitrogen and oxygen atoms in total. The molecule has 4 aliphatic rings. The van der Waals surface area contributed by atoms with Crippen molar-refractivity contribution >= 4 is 34.8 Å². The predicted molar refractivity (Wildman–Crippen MR) is 135 cm³/mol. The number of phenolic OH excluding ortho intramolecular Hbond substituents is 1. The maximum absolute atomic E-state index is 13.6. The lowest BCUT2D eigenvalue weighted by atomic mass is 9.59. The highest BCUT2D eigenvalue weighted by molar-refractivity contribution is 6.32. The van der Waals surface area contributed by atoms with E-state index in [4.69, 9.17) is 17.3 Å². The zero-order valence-corrected chi connectivity index (χ0v) is 21.5. The lowest BCUT2D eigenvalue weighted by Gasteiger charge is -2.46. The van der Waals surface area contributed by atoms with Crippen LogP contribution in [0.3, 0.4) is 0 Å². The minimum atomic E-state index is -2.57. The van der Waals surface area contributed by atoms with Crippen LogP contribution in [0.15, 0.2) is 23.0 Å². The SMILES string of the molecule is CC1CCCC(C)N1Cc1cc(O)c2c(c1Cl)CC1C[C@H]3CC(=O)C(C(N)=O)=C(O)[C@@]3(O)C(=O)C1=C2O. The summed E-state index contributed by atoms with van der Waals surface area (Å²) in [5, 5.41) is 44.5. The second-order valence-corrected chi connectivity index (χ2v) is 11.3. The number of hydrogen-bond acceptors (Lipinski definition) is 8. The number of likely N-dealkylation sites (tertiary alicyclic amines) is 1. The number of carbonyl (C=O) groups is 3. The number of piperidine rings is 1. The smallest absolute Gasteiger partial charge is 0.255 e. The van der Waals surface area contributed by atoms with Crippen LogP contribution in [-0.4, -0.2) is 60.5 Å². The number of ketones is 2. The van der Waals surface area contributed by atoms with Crippen LogP contribution in [0.2, 0.25) is 5.02 Å². The third-order valence-electron chi connectivity index (χ3n) is 8.80. The molecule has 0 radical (unpaired) electrons. The number of nitrogens with two attached hydrogens (primary N) is 1. The zero-order valence-electron chi connectivity index (χ0n) is 20.8. The van der Waals surface area contributed by atoms with Crippen molar-refractivity contribution in [3.05, 3.63) is 44.7 Å². The number of aliphatic hydroxyl groups is 3. The molecule has 1 saturated heterocycles. The number of fused-ring (bicyclic) bond motifs is 3. The van der Waals surface area contributed by atoms with Gasteiger partial charge in [-0.2, -0.15) is 0 Å². The van der Waals surface area contributed by atoms with E-state index in [-0.39, 0.29) is 36.1 Å². The van der Waals surface area contributed by atoms with E-state index < -0.39 is 52.0 Å². The van der Waals surface area contributed by atoms with Gasteiger partial charge in [-0.05, 0) is 62.6 Å². The fourth-order valence-corrected chi connectivity index (χ4v) is 7.11. The number of amides is 1. The van der Waals surface area contributed by atoms with Gasteiger partial charge in [0.1, 0.15) is 22.8 Å². The summed E-state index contributed by atoms with van der Waals surface area (Å²) < 4.78 is 0. The normalized spacial score (nSPS) is 32.2. The summed E-state index contributed by atoms with van der Waals surface area (Å²) in [4.78, 5) is 40.2. The standard InChI is InChI=1S/C27H31ClN2O7/c1-11-4-3-5-12(2)30(11)10-14-8-17(31)20-16(22(14)28)7-13-6-15-9-18(32)21(26(29)36)25(35)27(15,37)24(34)19(13)23(20)33/h8,11-13,15,31,33,35,37H,3-7,9-10H2,1-2H3,(H2,29,36)/t11?,12?,13?,15-,27-/m0/s1. The maximum atomic E-state index is 13.6. The van der Waals surface area contributed by atoms with Crippen molar-refractivity contribution in [2.45, 2.75) is 76.6 Å². The molecule has 5 rings (SSSR count). The first-order chi connectivity index (χ1) is 17.4. The summed E-state index contributed by atoms with van der Waals surface area (Å²) in [7, 11) is 0. The van der Waals surface area contributed by atoms with Crippen molar-refractivity contribution in [2.24, 2.45) is 17.6 Å². The second kappa shape index (κ2) is 8.85. The molecular weight excluding hydrogens is 500 g/mol. The molecule has 5 atom stereocenters. The topological polar surface area (TPSA) is 161 Å². The fourth-order valence-electron chi connectivity index (χ4n) is 6.82. The monoisotopic (exact) mass is 530 g/mol. The Labute approximate surface area is 219 Å². The quantitative estimate of drug-likeness (QED) is 0.373. The van der Waals surface area contributed by atoms with Gasteiger partial charge in [0.05, 0.1) is 5.56 Å². The van der Waals surface area contributed by atoms with Crippen LogP contribution in [-0.2, 0) is 27.3 Å². The molecule has 198 valence electrons. The maximum Gasteiger partial charge on any atom is 0.255 e. The molecule has 1 aromatic rings. The van der Waals surface area contributed by atoms with Gasteiger partial charge in [0, 0.05) is 41.6 Å². The van der Waals surface area contributed by atoms with Crippen LogP contribution in [0.5, 0.6) is 5.75 Å². The van der Waals surface area contributed by atoms with E-state index in [1.165, 1.54) is 6.07 Å². The molecule has 3 aliphatic carbocycles. The van der Waals surface area contributed by atoms with Crippen molar-refractivity contribution in [3.8, 4) is 5.75 Å². The van der Waals surface area contributed by atoms with Crippen LogP contribution in [0.25, 0.3) is 5.76 Å². The second-order valence-electron chi connectivity index (χ2n) is 10.9. The number of rotatable bonds is 3. The predicted octanol–water partition coefficient (Wildman–Crippen LogP) is 2.84. The molecule has 6 N–H and O–H groups in total. The Morgan fingerprint density at radius 1 is 1.16 bits per heavy atom. The molecule has 1 saturated carbocycles. The summed E-state index contributed by atoms with van der Waals surface area (Å²) in [5.74, 6) is -6.49. The van der Waals surface area contributed by atoms with E-state index in [2.05, 4.69) is 18.7 Å². The number of Topliss-reactive ketones (excluding diaryl/α,β-unsaturated/α-hetero) is 2. The van der Waals surface area contributed by atoms with Gasteiger partial charge in [-0.3, -0.25) is 19.3 Å². The third-order valence-corrected chi connectivity index (χ3v) is 9.27. The van der Waals surface area contributed by atoms with Gasteiger partial charge in [-0.1, -0.05) is 18.0 Å². The molecule has 3 unspecified atom stereocenters. The van der Waals surface area contributed by atoms with Gasteiger partial charge in [0.25, 0.3) is 5.91 Å². The van der Waals surface area contributed by atoms with Gasteiger partial charge in [0.15, 0.2) is 11.4 Å². The third kappa shape index (κ3) is 3.70. The van der Waals surface area contributed by atoms with Crippen LogP contribution in [0.1, 0.15) is 62.6 Å². The van der Waals surface area contributed by atoms with E-state index >= 15 is 0 Å². The molecule has 1 amide bonds. The average molecular weight is 531 g/mol. The van der Waals surface area contributed by atoms with Crippen LogP contribution in [0.4, 0.5) is 0 Å². The number of aromatic hydroxyl groups is 1. The van der Waals surface area contributed by atoms with Gasteiger partial charge in [0.2, 0.25) is 5.78 Å². The van der Waals surface area contributed by atoms with Crippen molar-refractivity contribution in [1.82, 2.24) is 4.90 Å². The fraction of sp³-hybridized carbons (Fsp3) is 0.519. The molecule has 0 aromatic heterocycles. The number of nitrogens with zero attached hydrogens (tertiary/aromatic N) is 1. The molecule has 1 heterocycles. The van der Waals surface area contributed by atoms with Gasteiger partial charge in [-0.15, -0.1) is 0 Å². The highest BCUT2D eigenvalue weighted by Crippen LogP contribution is 2.53. The van der Waals surface area contributed by atoms with Crippen LogP contribution in [0, 0.1) is 11.8 Å². The van der Waals surface area contributed by atoms with E-state index in [0.717, 1.165) is 19.3 Å². The van der Waals surface area contributed by atoms with Crippen LogP contribution < -0.4 is 5.73 Å². The number of carbonyl (C=O) groups excluding carboxylic acids is 3. The molecule has 0 bridgehead atoms. The Bertz CT molecular complexity index is 1290. The number of hydrogen-bond donors (Lipinski definition) is 5. The van der Waals surface area contributed by atoms with E-state index in [9.17, 15) is 34.8 Å². The lowest BCUT2D eigenvalue weighted by molar-refractivity contribution is -0.147. The Balaban J connectivity index is 1.59. The van der Waals surface area contributed by atoms with Gasteiger partial charge < -0.3 is 26.2 Å². The molecule has 1 aliphatic heterocycles. The molecule has 2 fully saturated rings. The molecule has 0 spiro atoms. The van der Waals surface area contributed by atoms with E-state index in [0.29, 0.717) is 34.8 Å². The summed E-state index contributed by atoms with van der Waals surface area (Å²) in [6.45, 7) is 4.85. The van der Waals surface area contributed by atoms with Crippen molar-refractivity contribution in [1.29, 1.82) is 0 Å². The number of phenols is 1. The van der Waals surface area contributed by atoms with E-state index in [1.807, 2.05) is 0 Å². The summed E-state index contributed by atoms with van der Waals surface area (Å²) in [6.07, 6.45) is 3.20. The summed E-state index contributed by atoms with van der Waals surface area (Å²) in [6, 6.07) is 2.20. The Kier molecular flexibility index (Phi) is 6.16. The largest absolute Gasteiger partial charge is 0.508 e. The molecule has 37 heavy (non-hydrogen) atoms. The Morgan fingerprint density at radius 2 is 1.81 bits per heavy atom. The molecule has 10 heteroatoms. The minimum Gasteiger partial charge on any atom is -0.508 e. The van der Waals surface area contributed by atoms with Crippen molar-refractivity contribution in [3.63, 3.8) is 0 Å². The van der Waals surface area contributed by atoms with Crippen molar-refractivity contribution < 1.29 is 34.8 Å². The summed E-state index contributed by atoms with van der Waals surface area (Å²) >= 11 is 6.85. The first-order valence-electron chi connectivity index (χ1n) is 12.6. The number of primary amides is 1. The first-order valence-corrected chi connectivity index (χ1v) is 13.0.